The van der Waals surface area contributed by atoms with Crippen LogP contribution in [0.2, 0.25) is 0 Å². The molecule has 12 heavy (non-hydrogen) atoms. The minimum Gasteiger partial charge on any atom is -0.242 e. The zero-order valence-corrected chi connectivity index (χ0v) is 5.84. The molecule has 2 aromatic rings. The summed E-state index contributed by atoms with van der Waals surface area (Å²) in [6.07, 6.45) is 2.68. The van der Waals surface area contributed by atoms with E-state index in [9.17, 15) is 0 Å². The third-order valence-electron chi connectivity index (χ3n) is 1.04. The van der Waals surface area contributed by atoms with Crippen LogP contribution in [0.15, 0.2) is 22.9 Å². The maximum Gasteiger partial charge on any atom is 0.264 e. The Kier molecular flexibility index (Phi) is 1.57. The SMILES string of the molecule is c1n[nH]c(/N=N\c2ncn[nH]2)n1. The number of rotatable bonds is 2. The summed E-state index contributed by atoms with van der Waals surface area (Å²) in [6, 6.07) is 0. The van der Waals surface area contributed by atoms with Crippen molar-refractivity contribution in [3.05, 3.63) is 12.7 Å². The Bertz CT molecular complexity index is 308. The Hall–Kier alpha value is -2.12. The highest BCUT2D eigenvalue weighted by Gasteiger charge is 1.92. The molecule has 0 aliphatic carbocycles. The number of H-pyrrole nitrogens is 2. The van der Waals surface area contributed by atoms with Crippen LogP contribution in [-0.2, 0) is 0 Å². The summed E-state index contributed by atoms with van der Waals surface area (Å²) in [5.41, 5.74) is 0. The maximum atomic E-state index is 3.73. The van der Waals surface area contributed by atoms with Crippen LogP contribution in [-0.4, -0.2) is 30.4 Å². The summed E-state index contributed by atoms with van der Waals surface area (Å²) in [7, 11) is 0. The monoisotopic (exact) mass is 164 g/mol. The molecule has 0 atom stereocenters. The van der Waals surface area contributed by atoms with Gasteiger partial charge in [0.05, 0.1) is 0 Å². The largest absolute Gasteiger partial charge is 0.264 e. The Labute approximate surface area is 66.2 Å². The quantitative estimate of drug-likeness (QED) is 0.623. The van der Waals surface area contributed by atoms with Gasteiger partial charge in [-0.1, -0.05) is 0 Å². The molecule has 0 aromatic carbocycles. The number of hydrogen-bond donors (Lipinski definition) is 2. The first kappa shape index (κ1) is 6.58. The van der Waals surface area contributed by atoms with Crippen molar-refractivity contribution in [2.24, 2.45) is 10.2 Å². The first-order valence-corrected chi connectivity index (χ1v) is 3.07. The molecule has 0 amide bonds. The highest BCUT2D eigenvalue weighted by Crippen LogP contribution is 2.05. The predicted octanol–water partition coefficient (Wildman–Crippen LogP) is 0.338. The van der Waals surface area contributed by atoms with Crippen molar-refractivity contribution in [3.8, 4) is 0 Å². The fourth-order valence-electron chi connectivity index (χ4n) is 0.589. The number of hydrogen-bond acceptors (Lipinski definition) is 6. The predicted molar refractivity (Wildman–Crippen MR) is 36.9 cm³/mol. The van der Waals surface area contributed by atoms with Crippen LogP contribution in [0.4, 0.5) is 11.9 Å². The second-order valence-corrected chi connectivity index (χ2v) is 1.82. The zero-order valence-electron chi connectivity index (χ0n) is 5.84. The summed E-state index contributed by atoms with van der Waals surface area (Å²) in [4.78, 5) is 7.45. The van der Waals surface area contributed by atoms with Crippen molar-refractivity contribution in [1.82, 2.24) is 30.4 Å². The van der Waals surface area contributed by atoms with E-state index >= 15 is 0 Å². The van der Waals surface area contributed by atoms with Gasteiger partial charge in [0.15, 0.2) is 0 Å². The number of azo groups is 1. The van der Waals surface area contributed by atoms with Crippen LogP contribution < -0.4 is 0 Å². The highest BCUT2D eigenvalue weighted by atomic mass is 15.4. The molecule has 2 rings (SSSR count). The first-order chi connectivity index (χ1) is 5.95. The van der Waals surface area contributed by atoms with Gasteiger partial charge < -0.3 is 0 Å². The number of nitrogens with one attached hydrogen (secondary N) is 2. The third kappa shape index (κ3) is 1.31. The molecule has 0 radical (unpaired) electrons. The molecule has 2 aromatic heterocycles. The number of aromatic nitrogens is 6. The summed E-state index contributed by atoms with van der Waals surface area (Å²) < 4.78 is 0. The molecule has 0 saturated carbocycles. The fraction of sp³-hybridized carbons (Fsp3) is 0. The Balaban J connectivity index is 2.14. The molecule has 0 aliphatic heterocycles. The summed E-state index contributed by atoms with van der Waals surface area (Å²) in [5.74, 6) is 0.651. The molecule has 2 N–H and O–H groups in total. The lowest BCUT2D eigenvalue weighted by Gasteiger charge is -1.79. The standard InChI is InChI=1S/C4H4N8/c1-5-3(9-7-1)11-12-4-6-2-8-10-4/h1-2H,(H,5,7,9)(H,6,8,10)/b12-11-. The van der Waals surface area contributed by atoms with Gasteiger partial charge in [0.25, 0.3) is 11.9 Å². The molecule has 0 saturated heterocycles. The van der Waals surface area contributed by atoms with Gasteiger partial charge in [0, 0.05) is 0 Å². The second-order valence-electron chi connectivity index (χ2n) is 1.82. The maximum absolute atomic E-state index is 3.73. The third-order valence-corrected chi connectivity index (χ3v) is 1.04. The van der Waals surface area contributed by atoms with Gasteiger partial charge in [0.1, 0.15) is 12.7 Å². The minimum atomic E-state index is 0.325. The van der Waals surface area contributed by atoms with Crippen LogP contribution in [0.3, 0.4) is 0 Å². The number of nitrogens with zero attached hydrogens (tertiary/aromatic N) is 6. The lowest BCUT2D eigenvalue weighted by Crippen LogP contribution is -1.67. The summed E-state index contributed by atoms with van der Waals surface area (Å²) >= 11 is 0. The normalized spacial score (nSPS) is 11.0. The van der Waals surface area contributed by atoms with Crippen molar-refractivity contribution in [2.45, 2.75) is 0 Å². The van der Waals surface area contributed by atoms with Crippen molar-refractivity contribution in [2.75, 3.05) is 0 Å². The van der Waals surface area contributed by atoms with E-state index in [1.165, 1.54) is 12.7 Å². The molecule has 0 spiro atoms. The first-order valence-electron chi connectivity index (χ1n) is 3.07. The van der Waals surface area contributed by atoms with Gasteiger partial charge in [-0.05, 0) is 0 Å². The Morgan fingerprint density at radius 3 is 1.75 bits per heavy atom. The smallest absolute Gasteiger partial charge is 0.242 e. The molecule has 2 heterocycles. The van der Waals surface area contributed by atoms with Gasteiger partial charge in [-0.15, -0.1) is 10.2 Å². The van der Waals surface area contributed by atoms with E-state index < -0.39 is 0 Å². The van der Waals surface area contributed by atoms with E-state index in [0.29, 0.717) is 11.9 Å². The summed E-state index contributed by atoms with van der Waals surface area (Å²) in [6.45, 7) is 0. The molecule has 0 unspecified atom stereocenters. The van der Waals surface area contributed by atoms with E-state index in [0.717, 1.165) is 0 Å². The van der Waals surface area contributed by atoms with E-state index in [1.54, 1.807) is 0 Å². The van der Waals surface area contributed by atoms with Gasteiger partial charge in [-0.3, -0.25) is 0 Å². The van der Waals surface area contributed by atoms with Crippen LogP contribution in [0, 0.1) is 0 Å². The molecule has 60 valence electrons. The zero-order chi connectivity index (χ0) is 8.23. The average Bonchev–Trinajstić information content (AvgIpc) is 2.74. The molecular formula is C4H4N8. The van der Waals surface area contributed by atoms with E-state index in [2.05, 4.69) is 40.6 Å². The van der Waals surface area contributed by atoms with E-state index in [-0.39, 0.29) is 0 Å². The Morgan fingerprint density at radius 2 is 1.42 bits per heavy atom. The summed E-state index contributed by atoms with van der Waals surface area (Å²) in [5, 5.41) is 19.5. The molecule has 0 fully saturated rings. The van der Waals surface area contributed by atoms with Gasteiger partial charge >= 0.3 is 0 Å². The van der Waals surface area contributed by atoms with Crippen LogP contribution in [0.5, 0.6) is 0 Å². The van der Waals surface area contributed by atoms with Crippen molar-refractivity contribution >= 4 is 11.9 Å². The van der Waals surface area contributed by atoms with E-state index in [4.69, 9.17) is 0 Å². The Morgan fingerprint density at radius 1 is 0.917 bits per heavy atom. The van der Waals surface area contributed by atoms with Crippen LogP contribution >= 0.6 is 0 Å². The van der Waals surface area contributed by atoms with Crippen LogP contribution in [0.25, 0.3) is 0 Å². The minimum absolute atomic E-state index is 0.325. The topological polar surface area (TPSA) is 108 Å². The molecule has 0 bridgehead atoms. The molecular weight excluding hydrogens is 160 g/mol. The van der Waals surface area contributed by atoms with Crippen molar-refractivity contribution in [1.29, 1.82) is 0 Å². The van der Waals surface area contributed by atoms with Crippen molar-refractivity contribution in [3.63, 3.8) is 0 Å². The molecule has 8 heteroatoms. The molecule has 8 nitrogen and oxygen atoms in total. The fourth-order valence-corrected chi connectivity index (χ4v) is 0.589. The van der Waals surface area contributed by atoms with Gasteiger partial charge in [-0.2, -0.15) is 20.2 Å². The van der Waals surface area contributed by atoms with Gasteiger partial charge in [-0.25, -0.2) is 10.2 Å². The van der Waals surface area contributed by atoms with E-state index in [1.807, 2.05) is 0 Å². The second kappa shape index (κ2) is 2.86. The molecule has 0 aliphatic rings. The average molecular weight is 164 g/mol. The van der Waals surface area contributed by atoms with Gasteiger partial charge in [0.2, 0.25) is 0 Å². The van der Waals surface area contributed by atoms with Crippen LogP contribution in [0.1, 0.15) is 0 Å². The lowest BCUT2D eigenvalue weighted by atomic mass is 11.0. The lowest BCUT2D eigenvalue weighted by molar-refractivity contribution is 1.01. The number of aromatic amines is 2. The highest BCUT2D eigenvalue weighted by molar-refractivity contribution is 5.12. The van der Waals surface area contributed by atoms with Crippen molar-refractivity contribution < 1.29 is 0 Å².